The Hall–Kier alpha value is -1.82. The number of nitrogens with zero attached hydrogens (tertiary/aromatic N) is 1. The van der Waals surface area contributed by atoms with Gasteiger partial charge in [0.1, 0.15) is 5.60 Å². The summed E-state index contributed by atoms with van der Waals surface area (Å²) in [7, 11) is -5.39. The molecule has 1 aliphatic rings. The maximum atomic E-state index is 12.6. The number of alkyl halides is 3. The molecule has 0 radical (unpaired) electrons. The van der Waals surface area contributed by atoms with Crippen LogP contribution in [0.15, 0.2) is 12.3 Å². The molecule has 0 fully saturated rings. The van der Waals surface area contributed by atoms with E-state index >= 15 is 0 Å². The Morgan fingerprint density at radius 1 is 1.21 bits per heavy atom. The van der Waals surface area contributed by atoms with Crippen LogP contribution < -0.4 is 0 Å². The van der Waals surface area contributed by atoms with E-state index in [4.69, 9.17) is 4.74 Å². The van der Waals surface area contributed by atoms with E-state index < -0.39 is 45.4 Å². The maximum Gasteiger partial charge on any atom is 0.523 e. The lowest BCUT2D eigenvalue weighted by atomic mass is 10.1. The third kappa shape index (κ3) is 3.98. The van der Waals surface area contributed by atoms with Gasteiger partial charge in [0.05, 0.1) is 7.11 Å². The van der Waals surface area contributed by atoms with Gasteiger partial charge in [-0.3, -0.25) is 0 Å². The molecule has 0 aliphatic carbocycles. The molecule has 0 N–H and O–H groups in total. The number of methoxy groups -OCH3 is 1. The molecule has 0 spiro atoms. The highest BCUT2D eigenvalue weighted by atomic mass is 32.2. The molecule has 1 heterocycles. The first-order valence-electron chi connectivity index (χ1n) is 6.45. The quantitative estimate of drug-likeness (QED) is 0.422. The highest BCUT2D eigenvalue weighted by Crippen LogP contribution is 2.37. The summed E-state index contributed by atoms with van der Waals surface area (Å²) in [5.41, 5.74) is -9.72. The Morgan fingerprint density at radius 3 is 2.17 bits per heavy atom. The number of carbonyl (C=O) groups is 2. The molecule has 0 aromatic rings. The lowest BCUT2D eigenvalue weighted by molar-refractivity contribution is -0.173. The largest absolute Gasteiger partial charge is 0.523 e. The summed E-state index contributed by atoms with van der Waals surface area (Å²) in [5, 5.41) is 0. The van der Waals surface area contributed by atoms with Crippen LogP contribution in [0.3, 0.4) is 0 Å². The zero-order valence-electron chi connectivity index (χ0n) is 13.2. The molecule has 1 atom stereocenters. The molecule has 12 heteroatoms. The third-order valence-corrected chi connectivity index (χ3v) is 3.73. The molecule has 0 aromatic heterocycles. The summed E-state index contributed by atoms with van der Waals surface area (Å²) < 4.78 is 73.8. The molecular formula is C12H16F3NO7S. The fourth-order valence-electron chi connectivity index (χ4n) is 1.73. The molecule has 0 saturated carbocycles. The Morgan fingerprint density at radius 2 is 1.75 bits per heavy atom. The summed E-state index contributed by atoms with van der Waals surface area (Å²) in [6, 6.07) is 0. The highest BCUT2D eigenvalue weighted by Gasteiger charge is 2.60. The molecule has 1 aliphatic heterocycles. The van der Waals surface area contributed by atoms with E-state index in [9.17, 15) is 31.2 Å². The van der Waals surface area contributed by atoms with Crippen LogP contribution >= 0.6 is 0 Å². The second-order valence-electron chi connectivity index (χ2n) is 5.70. The first kappa shape index (κ1) is 20.2. The van der Waals surface area contributed by atoms with Crippen molar-refractivity contribution in [2.75, 3.05) is 7.11 Å². The van der Waals surface area contributed by atoms with Crippen LogP contribution in [0, 0.1) is 0 Å². The Labute approximate surface area is 136 Å². The highest BCUT2D eigenvalue weighted by molar-refractivity contribution is 7.87. The average molecular weight is 375 g/mol. The van der Waals surface area contributed by atoms with Gasteiger partial charge in [0.25, 0.3) is 5.72 Å². The van der Waals surface area contributed by atoms with E-state index in [1.807, 2.05) is 0 Å². The molecule has 138 valence electrons. The smallest absolute Gasteiger partial charge is 0.465 e. The number of hydrogen-bond donors (Lipinski definition) is 0. The summed E-state index contributed by atoms with van der Waals surface area (Å²) >= 11 is 0. The molecule has 1 rings (SSSR count). The average Bonchev–Trinajstić information content (AvgIpc) is 2.78. The van der Waals surface area contributed by atoms with Gasteiger partial charge in [-0.25, -0.2) is 18.7 Å². The van der Waals surface area contributed by atoms with E-state index in [0.717, 1.165) is 19.4 Å². The van der Waals surface area contributed by atoms with Crippen LogP contribution in [0.25, 0.3) is 0 Å². The zero-order chi connectivity index (χ0) is 19.0. The van der Waals surface area contributed by atoms with Crippen molar-refractivity contribution in [2.24, 2.45) is 0 Å². The molecule has 24 heavy (non-hydrogen) atoms. The second kappa shape index (κ2) is 6.24. The summed E-state index contributed by atoms with van der Waals surface area (Å²) in [6.07, 6.45) is 0.0109. The Bertz CT molecular complexity index is 651. The lowest BCUT2D eigenvalue weighted by Gasteiger charge is -2.35. The van der Waals surface area contributed by atoms with Crippen LogP contribution in [0.2, 0.25) is 0 Å². The van der Waals surface area contributed by atoms with Crippen molar-refractivity contribution >= 4 is 22.2 Å². The summed E-state index contributed by atoms with van der Waals surface area (Å²) in [5.74, 6) is -1.51. The molecule has 8 nitrogen and oxygen atoms in total. The van der Waals surface area contributed by atoms with Crippen molar-refractivity contribution in [3.8, 4) is 0 Å². The van der Waals surface area contributed by atoms with Gasteiger partial charge < -0.3 is 9.47 Å². The van der Waals surface area contributed by atoms with Gasteiger partial charge in [-0.2, -0.15) is 21.6 Å². The van der Waals surface area contributed by atoms with Gasteiger partial charge in [-0.05, 0) is 20.8 Å². The first-order valence-corrected chi connectivity index (χ1v) is 7.86. The minimum absolute atomic E-state index is 0.313. The maximum absolute atomic E-state index is 12.6. The lowest BCUT2D eigenvalue weighted by Crippen LogP contribution is -2.57. The van der Waals surface area contributed by atoms with Gasteiger partial charge in [0, 0.05) is 12.6 Å². The molecule has 0 saturated heterocycles. The minimum Gasteiger partial charge on any atom is -0.465 e. The molecular weight excluding hydrogens is 359 g/mol. The van der Waals surface area contributed by atoms with Crippen molar-refractivity contribution in [3.05, 3.63) is 12.3 Å². The zero-order valence-corrected chi connectivity index (χ0v) is 14.0. The number of halogens is 3. The van der Waals surface area contributed by atoms with Gasteiger partial charge in [-0.15, -0.1) is 0 Å². The number of carbonyl (C=O) groups excluding carboxylic acids is 2. The Balaban J connectivity index is 3.31. The molecule has 0 bridgehead atoms. The van der Waals surface area contributed by atoms with Gasteiger partial charge in [-0.1, -0.05) is 6.08 Å². The second-order valence-corrected chi connectivity index (χ2v) is 7.24. The van der Waals surface area contributed by atoms with E-state index in [1.165, 1.54) is 20.8 Å². The predicted octanol–water partition coefficient (Wildman–Crippen LogP) is 1.88. The van der Waals surface area contributed by atoms with Crippen molar-refractivity contribution in [2.45, 2.75) is 44.0 Å². The normalized spacial score (nSPS) is 21.7. The summed E-state index contributed by atoms with van der Waals surface area (Å²) in [6.45, 7) is 4.41. The molecule has 0 aromatic carbocycles. The van der Waals surface area contributed by atoms with Crippen molar-refractivity contribution in [3.63, 3.8) is 0 Å². The van der Waals surface area contributed by atoms with Crippen molar-refractivity contribution < 1.29 is 44.8 Å². The van der Waals surface area contributed by atoms with Gasteiger partial charge in [0.2, 0.25) is 0 Å². The SMILES string of the molecule is COC(=O)C1(OS(=O)(=O)C(F)(F)F)CC=CN1C(=O)OC(C)(C)C. The standard InChI is InChI=1S/C12H16F3NO7S/c1-10(2,3)22-9(18)16-7-5-6-11(16,8(17)21-4)23-24(19,20)12(13,14)15/h5,7H,6H2,1-4H3. The van der Waals surface area contributed by atoms with Crippen molar-refractivity contribution in [1.82, 2.24) is 4.90 Å². The molecule has 1 amide bonds. The number of hydrogen-bond acceptors (Lipinski definition) is 7. The number of amides is 1. The van der Waals surface area contributed by atoms with E-state index in [0.29, 0.717) is 4.90 Å². The van der Waals surface area contributed by atoms with Crippen LogP contribution in [0.1, 0.15) is 27.2 Å². The fraction of sp³-hybridized carbons (Fsp3) is 0.667. The van der Waals surface area contributed by atoms with Crippen LogP contribution in [0.5, 0.6) is 0 Å². The monoisotopic (exact) mass is 375 g/mol. The van der Waals surface area contributed by atoms with Crippen LogP contribution in [-0.2, 0) is 28.6 Å². The van der Waals surface area contributed by atoms with Gasteiger partial charge in [0.15, 0.2) is 0 Å². The number of rotatable bonds is 3. The van der Waals surface area contributed by atoms with Crippen molar-refractivity contribution in [1.29, 1.82) is 0 Å². The van der Waals surface area contributed by atoms with Crippen LogP contribution in [0.4, 0.5) is 18.0 Å². The topological polar surface area (TPSA) is 99.2 Å². The molecule has 1 unspecified atom stereocenters. The number of ether oxygens (including phenoxy) is 2. The summed E-state index contributed by atoms with van der Waals surface area (Å²) in [4.78, 5) is 24.4. The number of esters is 1. The predicted molar refractivity (Wildman–Crippen MR) is 72.6 cm³/mol. The van der Waals surface area contributed by atoms with E-state index in [1.54, 1.807) is 0 Å². The fourth-order valence-corrected chi connectivity index (χ4v) is 2.41. The first-order chi connectivity index (χ1) is 10.7. The minimum atomic E-state index is -6.20. The third-order valence-electron chi connectivity index (χ3n) is 2.66. The van der Waals surface area contributed by atoms with Crippen LogP contribution in [-0.4, -0.2) is 49.3 Å². The van der Waals surface area contributed by atoms with Gasteiger partial charge >= 0.3 is 27.7 Å². The van der Waals surface area contributed by atoms with E-state index in [-0.39, 0.29) is 0 Å². The van der Waals surface area contributed by atoms with E-state index in [2.05, 4.69) is 8.92 Å². The Kier molecular flexibility index (Phi) is 5.26.